The van der Waals surface area contributed by atoms with E-state index in [1.807, 2.05) is 43.3 Å². The van der Waals surface area contributed by atoms with Crippen molar-refractivity contribution in [3.8, 4) is 11.5 Å². The van der Waals surface area contributed by atoms with Crippen LogP contribution in [0.4, 0.5) is 0 Å². The lowest BCUT2D eigenvalue weighted by atomic mass is 9.97. The van der Waals surface area contributed by atoms with Gasteiger partial charge >= 0.3 is 0 Å². The molecule has 4 heteroatoms. The molecule has 2 aromatic carbocycles. The number of ketones is 1. The SMILES string of the molecule is COc1cc(OC)cc(C2=C(Br)C(=O)c3ccc(C)cc32)c1. The van der Waals surface area contributed by atoms with Gasteiger partial charge in [-0.25, -0.2) is 0 Å². The highest BCUT2D eigenvalue weighted by Crippen LogP contribution is 2.42. The van der Waals surface area contributed by atoms with Crippen LogP contribution in [0.2, 0.25) is 0 Å². The molecule has 2 aromatic rings. The van der Waals surface area contributed by atoms with Crippen molar-refractivity contribution in [3.05, 3.63) is 63.1 Å². The summed E-state index contributed by atoms with van der Waals surface area (Å²) in [6.45, 7) is 2.01. The second kappa shape index (κ2) is 5.61. The first-order chi connectivity index (χ1) is 10.5. The Bertz CT molecular complexity index is 784. The van der Waals surface area contributed by atoms with Gasteiger partial charge in [0, 0.05) is 17.2 Å². The number of methoxy groups -OCH3 is 2. The normalized spacial score (nSPS) is 13.4. The van der Waals surface area contributed by atoms with Crippen LogP contribution in [-0.2, 0) is 0 Å². The number of carbonyl (C=O) groups is 1. The number of hydrogen-bond acceptors (Lipinski definition) is 3. The number of aryl methyl sites for hydroxylation is 1. The maximum atomic E-state index is 12.4. The average Bonchev–Trinajstić information content (AvgIpc) is 2.77. The third kappa shape index (κ3) is 2.33. The summed E-state index contributed by atoms with van der Waals surface area (Å²) in [6, 6.07) is 11.5. The second-order valence-electron chi connectivity index (χ2n) is 5.17. The van der Waals surface area contributed by atoms with Crippen molar-refractivity contribution in [1.82, 2.24) is 0 Å². The van der Waals surface area contributed by atoms with E-state index in [4.69, 9.17) is 9.47 Å². The molecule has 0 N–H and O–H groups in total. The zero-order valence-corrected chi connectivity index (χ0v) is 14.2. The largest absolute Gasteiger partial charge is 0.497 e. The quantitative estimate of drug-likeness (QED) is 0.817. The van der Waals surface area contributed by atoms with E-state index in [-0.39, 0.29) is 5.78 Å². The van der Waals surface area contributed by atoms with Crippen molar-refractivity contribution in [2.75, 3.05) is 14.2 Å². The molecule has 1 aliphatic carbocycles. The minimum absolute atomic E-state index is 0.00628. The fourth-order valence-corrected chi connectivity index (χ4v) is 3.30. The van der Waals surface area contributed by atoms with Crippen LogP contribution in [0, 0.1) is 6.92 Å². The predicted octanol–water partition coefficient (Wildman–Crippen LogP) is 4.36. The molecular formula is C18H15BrO3. The van der Waals surface area contributed by atoms with Crippen LogP contribution in [0.25, 0.3) is 5.57 Å². The van der Waals surface area contributed by atoms with Crippen LogP contribution in [-0.4, -0.2) is 20.0 Å². The Morgan fingerprint density at radius 2 is 1.55 bits per heavy atom. The van der Waals surface area contributed by atoms with E-state index in [2.05, 4.69) is 15.9 Å². The van der Waals surface area contributed by atoms with Crippen LogP contribution >= 0.6 is 15.9 Å². The molecular weight excluding hydrogens is 344 g/mol. The first-order valence-corrected chi connectivity index (χ1v) is 7.63. The topological polar surface area (TPSA) is 35.5 Å². The van der Waals surface area contributed by atoms with Gasteiger partial charge in [0.1, 0.15) is 11.5 Å². The maximum Gasteiger partial charge on any atom is 0.201 e. The molecule has 0 atom stereocenters. The van der Waals surface area contributed by atoms with Gasteiger partial charge in [0.2, 0.25) is 5.78 Å². The molecule has 0 fully saturated rings. The van der Waals surface area contributed by atoms with Gasteiger partial charge in [-0.15, -0.1) is 0 Å². The number of ether oxygens (including phenoxy) is 2. The number of benzene rings is 2. The zero-order valence-electron chi connectivity index (χ0n) is 12.6. The van der Waals surface area contributed by atoms with Gasteiger partial charge in [0.25, 0.3) is 0 Å². The van der Waals surface area contributed by atoms with Crippen molar-refractivity contribution in [2.45, 2.75) is 6.92 Å². The molecule has 0 unspecified atom stereocenters. The summed E-state index contributed by atoms with van der Waals surface area (Å²) >= 11 is 3.45. The number of fused-ring (bicyclic) bond motifs is 1. The van der Waals surface area contributed by atoms with E-state index in [0.29, 0.717) is 21.5 Å². The van der Waals surface area contributed by atoms with Crippen molar-refractivity contribution in [1.29, 1.82) is 0 Å². The van der Waals surface area contributed by atoms with Crippen LogP contribution in [0.3, 0.4) is 0 Å². The van der Waals surface area contributed by atoms with Crippen LogP contribution in [0.5, 0.6) is 11.5 Å². The Hall–Kier alpha value is -2.07. The number of allylic oxidation sites excluding steroid dienone is 1. The molecule has 22 heavy (non-hydrogen) atoms. The summed E-state index contributed by atoms with van der Waals surface area (Å²) in [7, 11) is 3.22. The smallest absolute Gasteiger partial charge is 0.201 e. The summed E-state index contributed by atoms with van der Waals surface area (Å²) in [6.07, 6.45) is 0. The maximum absolute atomic E-state index is 12.4. The van der Waals surface area contributed by atoms with E-state index in [9.17, 15) is 4.79 Å². The van der Waals surface area contributed by atoms with E-state index in [0.717, 1.165) is 22.3 Å². The summed E-state index contributed by atoms with van der Waals surface area (Å²) in [5.41, 5.74) is 4.53. The lowest BCUT2D eigenvalue weighted by Gasteiger charge is -2.11. The number of halogens is 1. The minimum atomic E-state index is 0.00628. The molecule has 3 rings (SSSR count). The fraction of sp³-hybridized carbons (Fsp3) is 0.167. The van der Waals surface area contributed by atoms with E-state index in [1.165, 1.54) is 0 Å². The molecule has 0 aromatic heterocycles. The highest BCUT2D eigenvalue weighted by molar-refractivity contribution is 9.12. The van der Waals surface area contributed by atoms with Crippen molar-refractivity contribution >= 4 is 27.3 Å². The molecule has 0 aliphatic heterocycles. The van der Waals surface area contributed by atoms with E-state index >= 15 is 0 Å². The fourth-order valence-electron chi connectivity index (χ4n) is 2.65. The summed E-state index contributed by atoms with van der Waals surface area (Å²) in [5.74, 6) is 1.39. The molecule has 1 aliphatic rings. The van der Waals surface area contributed by atoms with E-state index < -0.39 is 0 Å². The van der Waals surface area contributed by atoms with Crippen LogP contribution in [0.1, 0.15) is 27.0 Å². The van der Waals surface area contributed by atoms with Gasteiger partial charge < -0.3 is 9.47 Å². The second-order valence-corrected chi connectivity index (χ2v) is 5.96. The van der Waals surface area contributed by atoms with Crippen molar-refractivity contribution in [3.63, 3.8) is 0 Å². The van der Waals surface area contributed by atoms with Crippen molar-refractivity contribution < 1.29 is 14.3 Å². The van der Waals surface area contributed by atoms with Crippen LogP contribution < -0.4 is 9.47 Å². The van der Waals surface area contributed by atoms with Crippen LogP contribution in [0.15, 0.2) is 40.9 Å². The molecule has 0 bridgehead atoms. The van der Waals surface area contributed by atoms with Gasteiger partial charge in [-0.05, 0) is 46.1 Å². The molecule has 0 saturated heterocycles. The Morgan fingerprint density at radius 3 is 2.14 bits per heavy atom. The Kier molecular flexibility index (Phi) is 3.79. The van der Waals surface area contributed by atoms with Gasteiger partial charge in [-0.3, -0.25) is 4.79 Å². The van der Waals surface area contributed by atoms with Gasteiger partial charge in [0.05, 0.1) is 18.7 Å². The summed E-state index contributed by atoms with van der Waals surface area (Å²) in [5, 5.41) is 0. The zero-order chi connectivity index (χ0) is 15.9. The van der Waals surface area contributed by atoms with Crippen molar-refractivity contribution in [2.24, 2.45) is 0 Å². The molecule has 3 nitrogen and oxygen atoms in total. The number of Topliss-reactive ketones (excluding diaryl/α,β-unsaturated/α-hetero) is 1. The third-order valence-electron chi connectivity index (χ3n) is 3.75. The molecule has 0 spiro atoms. The average molecular weight is 359 g/mol. The first kappa shape index (κ1) is 14.9. The molecule has 0 saturated carbocycles. The molecule has 0 radical (unpaired) electrons. The molecule has 0 heterocycles. The lowest BCUT2D eigenvalue weighted by Crippen LogP contribution is -1.94. The number of rotatable bonds is 3. The number of hydrogen-bond donors (Lipinski definition) is 0. The number of carbonyl (C=O) groups excluding carboxylic acids is 1. The molecule has 0 amide bonds. The molecule has 112 valence electrons. The minimum Gasteiger partial charge on any atom is -0.497 e. The van der Waals surface area contributed by atoms with Gasteiger partial charge in [0.15, 0.2) is 0 Å². The third-order valence-corrected chi connectivity index (χ3v) is 4.50. The lowest BCUT2D eigenvalue weighted by molar-refractivity contribution is 0.104. The van der Waals surface area contributed by atoms with E-state index in [1.54, 1.807) is 14.2 Å². The monoisotopic (exact) mass is 358 g/mol. The highest BCUT2D eigenvalue weighted by atomic mass is 79.9. The van der Waals surface area contributed by atoms with Gasteiger partial charge in [-0.2, -0.15) is 0 Å². The standard InChI is InChI=1S/C18H15BrO3/c1-10-4-5-14-15(6-10)16(17(19)18(14)20)11-7-12(21-2)9-13(8-11)22-3/h4-9H,1-3H3. The Morgan fingerprint density at radius 1 is 0.909 bits per heavy atom. The Labute approximate surface area is 137 Å². The Balaban J connectivity index is 2.24. The summed E-state index contributed by atoms with van der Waals surface area (Å²) < 4.78 is 11.2. The highest BCUT2D eigenvalue weighted by Gasteiger charge is 2.29. The summed E-state index contributed by atoms with van der Waals surface area (Å²) in [4.78, 5) is 12.4. The first-order valence-electron chi connectivity index (χ1n) is 6.84. The predicted molar refractivity (Wildman–Crippen MR) is 90.0 cm³/mol. The van der Waals surface area contributed by atoms with Gasteiger partial charge in [-0.1, -0.05) is 23.8 Å².